The molecule has 0 N–H and O–H groups in total. The summed E-state index contributed by atoms with van der Waals surface area (Å²) in [5, 5.41) is 0. The van der Waals surface area contributed by atoms with Crippen LogP contribution in [0.4, 0.5) is 20.2 Å². The number of rotatable bonds is 3. The molecule has 0 fully saturated rings. The van der Waals surface area contributed by atoms with Crippen molar-refractivity contribution < 1.29 is 13.6 Å². The molecule has 0 saturated carbocycles. The summed E-state index contributed by atoms with van der Waals surface area (Å²) in [7, 11) is 0. The van der Waals surface area contributed by atoms with Crippen LogP contribution in [0.2, 0.25) is 0 Å². The molecule has 1 amide bonds. The minimum Gasteiger partial charge on any atom is -0.279 e. The number of amides is 1. The third kappa shape index (κ3) is 4.30. The molecule has 118 valence electrons. The maximum atomic E-state index is 12.4. The van der Waals surface area contributed by atoms with Gasteiger partial charge in [0.25, 0.3) is 6.43 Å². The second-order valence-corrected chi connectivity index (χ2v) is 5.05. The highest BCUT2D eigenvalue weighted by atomic mass is 35.5. The van der Waals surface area contributed by atoms with E-state index < -0.39 is 6.43 Å². The SMILES string of the molecule is Cc1ccc(N(C(=O)CCl)c2ccccc2C#CC(F)F)cc1. The van der Waals surface area contributed by atoms with Gasteiger partial charge in [-0.05, 0) is 37.1 Å². The van der Waals surface area contributed by atoms with E-state index in [1.807, 2.05) is 25.0 Å². The lowest BCUT2D eigenvalue weighted by Gasteiger charge is -2.23. The predicted octanol–water partition coefficient (Wildman–Crippen LogP) is 4.52. The second kappa shape index (κ2) is 7.75. The largest absolute Gasteiger partial charge is 0.299 e. The lowest BCUT2D eigenvalue weighted by molar-refractivity contribution is -0.115. The van der Waals surface area contributed by atoms with Gasteiger partial charge < -0.3 is 0 Å². The first-order valence-electron chi connectivity index (χ1n) is 6.87. The summed E-state index contributed by atoms with van der Waals surface area (Å²) >= 11 is 5.71. The zero-order valence-electron chi connectivity index (χ0n) is 12.4. The van der Waals surface area contributed by atoms with E-state index in [0.29, 0.717) is 16.9 Å². The van der Waals surface area contributed by atoms with Crippen molar-refractivity contribution in [3.05, 3.63) is 59.7 Å². The molecule has 0 saturated heterocycles. The number of carbonyl (C=O) groups excluding carboxylic acids is 1. The monoisotopic (exact) mass is 333 g/mol. The molecule has 23 heavy (non-hydrogen) atoms. The minimum atomic E-state index is -2.74. The molecule has 2 nitrogen and oxygen atoms in total. The summed E-state index contributed by atoms with van der Waals surface area (Å²) in [6.07, 6.45) is -2.74. The van der Waals surface area contributed by atoms with Gasteiger partial charge in [0.15, 0.2) is 0 Å². The first-order valence-corrected chi connectivity index (χ1v) is 7.40. The van der Waals surface area contributed by atoms with E-state index in [4.69, 9.17) is 11.6 Å². The first-order chi connectivity index (χ1) is 11.0. The molecule has 0 unspecified atom stereocenters. The van der Waals surface area contributed by atoms with E-state index >= 15 is 0 Å². The molecule has 5 heteroatoms. The van der Waals surface area contributed by atoms with Gasteiger partial charge in [0.1, 0.15) is 5.88 Å². The normalized spacial score (nSPS) is 10.1. The van der Waals surface area contributed by atoms with Crippen LogP contribution in [-0.2, 0) is 4.79 Å². The van der Waals surface area contributed by atoms with E-state index in [-0.39, 0.29) is 11.8 Å². The molecule has 0 aliphatic rings. The fourth-order valence-corrected chi connectivity index (χ4v) is 2.20. The topological polar surface area (TPSA) is 20.3 Å². The molecular weight excluding hydrogens is 320 g/mol. The maximum absolute atomic E-state index is 12.4. The summed E-state index contributed by atoms with van der Waals surface area (Å²) in [5.41, 5.74) is 2.41. The molecule has 0 heterocycles. The number of hydrogen-bond donors (Lipinski definition) is 0. The van der Waals surface area contributed by atoms with Crippen molar-refractivity contribution in [1.29, 1.82) is 0 Å². The minimum absolute atomic E-state index is 0.232. The fourth-order valence-electron chi connectivity index (χ4n) is 2.08. The van der Waals surface area contributed by atoms with Gasteiger partial charge in [-0.3, -0.25) is 9.69 Å². The van der Waals surface area contributed by atoms with E-state index in [1.54, 1.807) is 36.4 Å². The molecule has 0 aliphatic heterocycles. The average molecular weight is 334 g/mol. The molecular formula is C18H14ClF2NO. The number of anilines is 2. The Morgan fingerprint density at radius 1 is 1.17 bits per heavy atom. The Morgan fingerprint density at radius 2 is 1.83 bits per heavy atom. The Morgan fingerprint density at radius 3 is 2.43 bits per heavy atom. The summed E-state index contributed by atoms with van der Waals surface area (Å²) in [4.78, 5) is 13.7. The van der Waals surface area contributed by atoms with E-state index in [2.05, 4.69) is 5.92 Å². The molecule has 0 aliphatic carbocycles. The van der Waals surface area contributed by atoms with Crippen LogP contribution in [0, 0.1) is 18.8 Å². The van der Waals surface area contributed by atoms with Crippen molar-refractivity contribution in [2.45, 2.75) is 13.3 Å². The zero-order valence-corrected chi connectivity index (χ0v) is 13.1. The highest BCUT2D eigenvalue weighted by molar-refractivity contribution is 6.30. The molecule has 2 rings (SSSR count). The third-order valence-electron chi connectivity index (χ3n) is 3.12. The number of hydrogen-bond acceptors (Lipinski definition) is 1. The standard InChI is InChI=1S/C18H14ClF2NO/c1-13-6-9-15(10-7-13)22(18(23)12-19)16-5-3-2-4-14(16)8-11-17(20)21/h2-7,9-10,17H,12H2,1H3. The molecule has 0 spiro atoms. The fraction of sp³-hybridized carbons (Fsp3) is 0.167. The van der Waals surface area contributed by atoms with Gasteiger partial charge in [-0.15, -0.1) is 11.6 Å². The van der Waals surface area contributed by atoms with Gasteiger partial charge in [0.05, 0.1) is 5.69 Å². The van der Waals surface area contributed by atoms with E-state index in [1.165, 1.54) is 4.90 Å². The van der Waals surface area contributed by atoms with Crippen LogP contribution in [-0.4, -0.2) is 18.2 Å². The molecule has 0 aromatic heterocycles. The number of nitrogens with zero attached hydrogens (tertiary/aromatic N) is 1. The Labute approximate surface area is 138 Å². The lowest BCUT2D eigenvalue weighted by atomic mass is 10.1. The number of carbonyl (C=O) groups is 1. The summed E-state index contributed by atoms with van der Waals surface area (Å²) in [6, 6.07) is 13.9. The van der Waals surface area contributed by atoms with Gasteiger partial charge >= 0.3 is 0 Å². The van der Waals surface area contributed by atoms with Crippen LogP contribution >= 0.6 is 11.6 Å². The Kier molecular flexibility index (Phi) is 5.72. The summed E-state index contributed by atoms with van der Waals surface area (Å²) in [5.74, 6) is 3.65. The smallest absolute Gasteiger partial charge is 0.279 e. The third-order valence-corrected chi connectivity index (χ3v) is 3.35. The summed E-state index contributed by atoms with van der Waals surface area (Å²) in [6.45, 7) is 1.93. The molecule has 2 aromatic carbocycles. The van der Waals surface area contributed by atoms with Gasteiger partial charge in [-0.2, -0.15) is 8.78 Å². The highest BCUT2D eigenvalue weighted by Crippen LogP contribution is 2.29. The van der Waals surface area contributed by atoms with Crippen LogP contribution in [0.5, 0.6) is 0 Å². The van der Waals surface area contributed by atoms with Crippen molar-refractivity contribution in [1.82, 2.24) is 0 Å². The molecule has 2 aromatic rings. The van der Waals surface area contributed by atoms with Crippen molar-refractivity contribution in [2.24, 2.45) is 0 Å². The number of para-hydroxylation sites is 1. The first kappa shape index (κ1) is 17.0. The van der Waals surface area contributed by atoms with E-state index in [0.717, 1.165) is 5.56 Å². The number of alkyl halides is 3. The molecule has 0 atom stereocenters. The maximum Gasteiger partial charge on any atom is 0.299 e. The average Bonchev–Trinajstić information content (AvgIpc) is 2.55. The van der Waals surface area contributed by atoms with Gasteiger partial charge in [-0.25, -0.2) is 0 Å². The highest BCUT2D eigenvalue weighted by Gasteiger charge is 2.19. The predicted molar refractivity (Wildman–Crippen MR) is 88.4 cm³/mol. The zero-order chi connectivity index (χ0) is 16.8. The Balaban J connectivity index is 2.55. The van der Waals surface area contributed by atoms with E-state index in [9.17, 15) is 13.6 Å². The Bertz CT molecular complexity index is 748. The van der Waals surface area contributed by atoms with Crippen LogP contribution in [0.3, 0.4) is 0 Å². The number of aryl methyl sites for hydroxylation is 1. The number of halogens is 3. The quantitative estimate of drug-likeness (QED) is 0.597. The van der Waals surface area contributed by atoms with Crippen molar-refractivity contribution in [3.8, 4) is 11.8 Å². The van der Waals surface area contributed by atoms with Crippen LogP contribution < -0.4 is 4.90 Å². The Hall–Kier alpha value is -2.38. The second-order valence-electron chi connectivity index (χ2n) is 4.79. The van der Waals surface area contributed by atoms with Crippen LogP contribution in [0.25, 0.3) is 0 Å². The van der Waals surface area contributed by atoms with Crippen molar-refractivity contribution in [2.75, 3.05) is 10.8 Å². The molecule has 0 bridgehead atoms. The molecule has 0 radical (unpaired) electrons. The van der Waals surface area contributed by atoms with Crippen LogP contribution in [0.15, 0.2) is 48.5 Å². The lowest BCUT2D eigenvalue weighted by Crippen LogP contribution is -2.27. The van der Waals surface area contributed by atoms with Crippen LogP contribution in [0.1, 0.15) is 11.1 Å². The van der Waals surface area contributed by atoms with Crippen molar-refractivity contribution >= 4 is 28.9 Å². The van der Waals surface area contributed by atoms with Crippen molar-refractivity contribution in [3.63, 3.8) is 0 Å². The summed E-state index contributed by atoms with van der Waals surface area (Å²) < 4.78 is 24.7. The van der Waals surface area contributed by atoms with Gasteiger partial charge in [0, 0.05) is 11.3 Å². The number of benzene rings is 2. The van der Waals surface area contributed by atoms with Gasteiger partial charge in [0.2, 0.25) is 5.91 Å². The van der Waals surface area contributed by atoms with Gasteiger partial charge in [-0.1, -0.05) is 35.7 Å².